The van der Waals surface area contributed by atoms with Crippen molar-refractivity contribution in [1.29, 1.82) is 0 Å². The van der Waals surface area contributed by atoms with Gasteiger partial charge < -0.3 is 10.7 Å². The molecule has 0 fully saturated rings. The zero-order chi connectivity index (χ0) is 24.6. The number of carbonyl (C=O) groups is 1. The third-order valence-electron chi connectivity index (χ3n) is 4.75. The number of nitrogen functional groups attached to an aromatic ring is 1. The summed E-state index contributed by atoms with van der Waals surface area (Å²) in [5, 5.41) is 1.53. The second-order valence-electron chi connectivity index (χ2n) is 6.99. The van der Waals surface area contributed by atoms with Gasteiger partial charge in [-0.3, -0.25) is 9.35 Å². The average Bonchev–Trinajstić information content (AvgIpc) is 3.41. The number of hydrogen-bond donors (Lipinski definition) is 3. The standard InChI is InChI=1S/C14H8ClF2N3O.C8H6O3S2/c15-6-3-7-8(5-20-14(7)19-4-6)13(21)11-9(16)1-2-10(18)12(11)17;9-13(10,11)8-5-6-3-1-2-4-7(6)12-8/h1-5H,18H2,(H,19,20);1-5H,(H,9,10,11). The molecule has 4 N–H and O–H groups in total. The Kier molecular flexibility index (Phi) is 6.36. The maximum absolute atomic E-state index is 13.9. The second kappa shape index (κ2) is 9.11. The highest BCUT2D eigenvalue weighted by Crippen LogP contribution is 2.28. The van der Waals surface area contributed by atoms with Gasteiger partial charge in [-0.25, -0.2) is 13.8 Å². The van der Waals surface area contributed by atoms with E-state index in [0.717, 1.165) is 33.6 Å². The van der Waals surface area contributed by atoms with Gasteiger partial charge in [0.2, 0.25) is 5.78 Å². The van der Waals surface area contributed by atoms with Crippen molar-refractivity contribution in [2.75, 3.05) is 5.73 Å². The number of nitrogens with two attached hydrogens (primary N) is 1. The summed E-state index contributed by atoms with van der Waals surface area (Å²) in [6, 6.07) is 12.2. The van der Waals surface area contributed by atoms with Crippen molar-refractivity contribution in [3.63, 3.8) is 0 Å². The highest BCUT2D eigenvalue weighted by atomic mass is 35.5. The van der Waals surface area contributed by atoms with Crippen molar-refractivity contribution in [3.05, 3.63) is 88.7 Å². The van der Waals surface area contributed by atoms with E-state index in [1.54, 1.807) is 6.07 Å². The van der Waals surface area contributed by atoms with E-state index < -0.39 is 33.1 Å². The minimum absolute atomic E-state index is 0.00583. The van der Waals surface area contributed by atoms with Gasteiger partial charge in [-0.15, -0.1) is 11.3 Å². The van der Waals surface area contributed by atoms with Gasteiger partial charge in [0.1, 0.15) is 15.7 Å². The van der Waals surface area contributed by atoms with Gasteiger partial charge in [-0.1, -0.05) is 29.8 Å². The summed E-state index contributed by atoms with van der Waals surface area (Å²) in [5.41, 5.74) is 4.86. The molecule has 0 amide bonds. The van der Waals surface area contributed by atoms with Gasteiger partial charge >= 0.3 is 10.1 Å². The molecular weight excluding hydrogens is 508 g/mol. The van der Waals surface area contributed by atoms with E-state index in [0.29, 0.717) is 16.1 Å². The molecule has 0 saturated carbocycles. The summed E-state index contributed by atoms with van der Waals surface area (Å²) in [5.74, 6) is -2.88. The number of anilines is 1. The maximum Gasteiger partial charge on any atom is 0.304 e. The molecule has 3 heterocycles. The number of aromatic nitrogens is 2. The Morgan fingerprint density at radius 1 is 1.15 bits per heavy atom. The third kappa shape index (κ3) is 4.64. The van der Waals surface area contributed by atoms with Crippen LogP contribution in [0.25, 0.3) is 21.1 Å². The number of aromatic amines is 1. The molecule has 0 atom stereocenters. The molecular formula is C22H14ClF2N3O4S2. The Hall–Kier alpha value is -3.38. The molecule has 0 bridgehead atoms. The Labute approximate surface area is 200 Å². The molecule has 0 aliphatic heterocycles. The number of pyridine rings is 1. The SMILES string of the molecule is Nc1ccc(F)c(C(=O)c2c[nH]c3ncc(Cl)cc23)c1F.O=S(=O)(O)c1cc2ccccc2s1. The van der Waals surface area contributed by atoms with E-state index >= 15 is 0 Å². The molecule has 5 rings (SSSR count). The van der Waals surface area contributed by atoms with E-state index in [4.69, 9.17) is 21.9 Å². The van der Waals surface area contributed by atoms with Crippen molar-refractivity contribution in [2.24, 2.45) is 0 Å². The predicted octanol–water partition coefficient (Wildman–Crippen LogP) is 5.46. The van der Waals surface area contributed by atoms with Crippen LogP contribution in [-0.2, 0) is 10.1 Å². The first-order chi connectivity index (χ1) is 16.1. The molecule has 0 spiro atoms. The quantitative estimate of drug-likeness (QED) is 0.164. The first kappa shape index (κ1) is 23.8. The molecule has 0 radical (unpaired) electrons. The number of ketones is 1. The first-order valence-corrected chi connectivity index (χ1v) is 12.1. The number of carbonyl (C=O) groups excluding carboxylic acids is 1. The van der Waals surface area contributed by atoms with Crippen LogP contribution < -0.4 is 5.73 Å². The molecule has 2 aromatic carbocycles. The molecule has 0 aliphatic carbocycles. The van der Waals surface area contributed by atoms with E-state index in [1.807, 2.05) is 18.2 Å². The van der Waals surface area contributed by atoms with Crippen molar-refractivity contribution in [1.82, 2.24) is 9.97 Å². The van der Waals surface area contributed by atoms with Crippen LogP contribution in [0.2, 0.25) is 5.02 Å². The molecule has 5 aromatic rings. The lowest BCUT2D eigenvalue weighted by atomic mass is 10.0. The largest absolute Gasteiger partial charge is 0.396 e. The van der Waals surface area contributed by atoms with Crippen molar-refractivity contribution in [2.45, 2.75) is 4.21 Å². The molecule has 12 heteroatoms. The number of fused-ring (bicyclic) bond motifs is 2. The van der Waals surface area contributed by atoms with Crippen LogP contribution in [-0.4, -0.2) is 28.7 Å². The van der Waals surface area contributed by atoms with Gasteiger partial charge in [0.15, 0.2) is 5.82 Å². The predicted molar refractivity (Wildman–Crippen MR) is 127 cm³/mol. The Morgan fingerprint density at radius 3 is 2.59 bits per heavy atom. The summed E-state index contributed by atoms with van der Waals surface area (Å²) >= 11 is 6.90. The van der Waals surface area contributed by atoms with Crippen molar-refractivity contribution in [3.8, 4) is 0 Å². The normalized spacial score (nSPS) is 11.4. The number of nitrogens with one attached hydrogen (secondary N) is 1. The van der Waals surface area contributed by atoms with Gasteiger partial charge in [0.25, 0.3) is 0 Å². The van der Waals surface area contributed by atoms with Crippen molar-refractivity contribution < 1.29 is 26.5 Å². The lowest BCUT2D eigenvalue weighted by Crippen LogP contribution is -2.09. The van der Waals surface area contributed by atoms with Crippen LogP contribution in [0, 0.1) is 11.6 Å². The average molecular weight is 522 g/mol. The van der Waals surface area contributed by atoms with E-state index in [-0.39, 0.29) is 15.5 Å². The highest BCUT2D eigenvalue weighted by Gasteiger charge is 2.23. The summed E-state index contributed by atoms with van der Waals surface area (Å²) < 4.78 is 58.9. The van der Waals surface area contributed by atoms with E-state index in [1.165, 1.54) is 24.5 Å². The molecule has 0 saturated heterocycles. The molecule has 3 aromatic heterocycles. The molecule has 7 nitrogen and oxygen atoms in total. The highest BCUT2D eigenvalue weighted by molar-refractivity contribution is 7.88. The van der Waals surface area contributed by atoms with Gasteiger partial charge in [0, 0.05) is 28.0 Å². The van der Waals surface area contributed by atoms with Crippen LogP contribution in [0.4, 0.5) is 14.5 Å². The third-order valence-corrected chi connectivity index (χ3v) is 7.37. The lowest BCUT2D eigenvalue weighted by molar-refractivity contribution is 0.103. The summed E-state index contributed by atoms with van der Waals surface area (Å²) in [6.07, 6.45) is 2.73. The zero-order valence-corrected chi connectivity index (χ0v) is 19.3. The number of thiophene rings is 1. The molecule has 34 heavy (non-hydrogen) atoms. The topological polar surface area (TPSA) is 126 Å². The van der Waals surface area contributed by atoms with E-state index in [2.05, 4.69) is 9.97 Å². The summed E-state index contributed by atoms with van der Waals surface area (Å²) in [4.78, 5) is 19.1. The van der Waals surface area contributed by atoms with Crippen LogP contribution in [0.3, 0.4) is 0 Å². The summed E-state index contributed by atoms with van der Waals surface area (Å²) in [7, 11) is -4.05. The number of H-pyrrole nitrogens is 1. The smallest absolute Gasteiger partial charge is 0.304 e. The minimum atomic E-state index is -4.05. The van der Waals surface area contributed by atoms with Crippen LogP contribution in [0.1, 0.15) is 15.9 Å². The minimum Gasteiger partial charge on any atom is -0.396 e. The lowest BCUT2D eigenvalue weighted by Gasteiger charge is -2.05. The van der Waals surface area contributed by atoms with Gasteiger partial charge in [-0.2, -0.15) is 8.42 Å². The van der Waals surface area contributed by atoms with E-state index in [9.17, 15) is 22.0 Å². The number of hydrogen-bond acceptors (Lipinski definition) is 6. The fourth-order valence-corrected chi connectivity index (χ4v) is 5.08. The fourth-order valence-electron chi connectivity index (χ4n) is 3.16. The molecule has 174 valence electrons. The maximum atomic E-state index is 13.9. The first-order valence-electron chi connectivity index (χ1n) is 9.43. The van der Waals surface area contributed by atoms with Crippen LogP contribution in [0.15, 0.2) is 65.1 Å². The van der Waals surface area contributed by atoms with Crippen LogP contribution >= 0.6 is 22.9 Å². The van der Waals surface area contributed by atoms with Crippen LogP contribution in [0.5, 0.6) is 0 Å². The second-order valence-corrected chi connectivity index (χ2v) is 10.2. The molecule has 0 aliphatic rings. The van der Waals surface area contributed by atoms with Gasteiger partial charge in [-0.05, 0) is 35.7 Å². The number of halogens is 3. The Balaban J connectivity index is 0.000000180. The number of rotatable bonds is 3. The van der Waals surface area contributed by atoms with Gasteiger partial charge in [0.05, 0.1) is 16.3 Å². The Morgan fingerprint density at radius 2 is 1.88 bits per heavy atom. The zero-order valence-electron chi connectivity index (χ0n) is 16.9. The Bertz CT molecular complexity index is 1630. The fraction of sp³-hybridized carbons (Fsp3) is 0. The number of benzene rings is 2. The summed E-state index contributed by atoms with van der Waals surface area (Å²) in [6.45, 7) is 0. The molecule has 0 unspecified atom stereocenters. The van der Waals surface area contributed by atoms with Crippen molar-refractivity contribution >= 4 is 65.6 Å². The number of nitrogens with zero attached hydrogens (tertiary/aromatic N) is 1. The monoisotopic (exact) mass is 521 g/mol.